The molecule has 27 heavy (non-hydrogen) atoms. The SMILES string of the molecule is C=C(c1ccc(OC)c(/C=C/C(=O)NO)c1)c1cc(C)nc2ccccc12. The van der Waals surface area contributed by atoms with Crippen LogP contribution in [0.1, 0.15) is 22.4 Å². The summed E-state index contributed by atoms with van der Waals surface area (Å²) in [6, 6.07) is 15.6. The van der Waals surface area contributed by atoms with Crippen molar-refractivity contribution < 1.29 is 14.7 Å². The summed E-state index contributed by atoms with van der Waals surface area (Å²) in [7, 11) is 1.56. The molecule has 3 aromatic rings. The molecule has 0 radical (unpaired) electrons. The van der Waals surface area contributed by atoms with E-state index in [1.165, 1.54) is 6.08 Å². The molecule has 0 saturated heterocycles. The Morgan fingerprint density at radius 1 is 1.22 bits per heavy atom. The van der Waals surface area contributed by atoms with Crippen LogP contribution in [0.2, 0.25) is 0 Å². The van der Waals surface area contributed by atoms with Crippen molar-refractivity contribution in [2.75, 3.05) is 7.11 Å². The number of para-hydroxylation sites is 1. The third-order valence-corrected chi connectivity index (χ3v) is 4.27. The van der Waals surface area contributed by atoms with Crippen LogP contribution in [0, 0.1) is 6.92 Å². The second kappa shape index (κ2) is 7.85. The lowest BCUT2D eigenvalue weighted by Crippen LogP contribution is -2.14. The molecule has 2 aromatic carbocycles. The summed E-state index contributed by atoms with van der Waals surface area (Å²) >= 11 is 0. The minimum atomic E-state index is -0.614. The summed E-state index contributed by atoms with van der Waals surface area (Å²) in [5, 5.41) is 9.68. The van der Waals surface area contributed by atoms with Gasteiger partial charge in [-0.25, -0.2) is 5.48 Å². The second-order valence-electron chi connectivity index (χ2n) is 6.07. The number of fused-ring (bicyclic) bond motifs is 1. The summed E-state index contributed by atoms with van der Waals surface area (Å²) in [5.74, 6) is 0.00124. The second-order valence-corrected chi connectivity index (χ2v) is 6.07. The van der Waals surface area contributed by atoms with Crippen LogP contribution >= 0.6 is 0 Å². The Balaban J connectivity index is 2.08. The number of hydrogen-bond donors (Lipinski definition) is 2. The van der Waals surface area contributed by atoms with Gasteiger partial charge in [0.05, 0.1) is 12.6 Å². The molecule has 0 saturated carbocycles. The summed E-state index contributed by atoms with van der Waals surface area (Å²) in [4.78, 5) is 15.9. The smallest absolute Gasteiger partial charge is 0.267 e. The van der Waals surface area contributed by atoms with Crippen molar-refractivity contribution in [1.29, 1.82) is 0 Å². The topological polar surface area (TPSA) is 71.5 Å². The number of hydroxylamine groups is 1. The molecule has 0 unspecified atom stereocenters. The first-order chi connectivity index (χ1) is 13.0. The van der Waals surface area contributed by atoms with E-state index in [-0.39, 0.29) is 0 Å². The molecular weight excluding hydrogens is 340 g/mol. The predicted molar refractivity (Wildman–Crippen MR) is 107 cm³/mol. The van der Waals surface area contributed by atoms with Gasteiger partial charge in [0.25, 0.3) is 5.91 Å². The quantitative estimate of drug-likeness (QED) is 0.408. The summed E-state index contributed by atoms with van der Waals surface area (Å²) < 4.78 is 5.36. The van der Waals surface area contributed by atoms with E-state index >= 15 is 0 Å². The van der Waals surface area contributed by atoms with Gasteiger partial charge >= 0.3 is 0 Å². The molecule has 0 bridgehead atoms. The predicted octanol–water partition coefficient (Wildman–Crippen LogP) is 4.13. The lowest BCUT2D eigenvalue weighted by molar-refractivity contribution is -0.124. The maximum absolute atomic E-state index is 11.3. The van der Waals surface area contributed by atoms with E-state index in [0.717, 1.165) is 33.3 Å². The largest absolute Gasteiger partial charge is 0.496 e. The van der Waals surface area contributed by atoms with Gasteiger partial charge in [0.1, 0.15) is 5.75 Å². The molecule has 0 aliphatic carbocycles. The molecule has 136 valence electrons. The van der Waals surface area contributed by atoms with Crippen LogP contribution < -0.4 is 10.2 Å². The molecule has 0 atom stereocenters. The number of methoxy groups -OCH3 is 1. The first-order valence-corrected chi connectivity index (χ1v) is 8.39. The highest BCUT2D eigenvalue weighted by molar-refractivity contribution is 5.96. The molecule has 3 rings (SSSR count). The molecule has 0 aliphatic heterocycles. The Morgan fingerprint density at radius 3 is 2.74 bits per heavy atom. The number of pyridine rings is 1. The summed E-state index contributed by atoms with van der Waals surface area (Å²) in [5.41, 5.74) is 6.86. The monoisotopic (exact) mass is 360 g/mol. The van der Waals surface area contributed by atoms with Gasteiger partial charge in [-0.2, -0.15) is 0 Å². The molecule has 1 aromatic heterocycles. The standard InChI is InChI=1S/C22H20N2O3/c1-14-12-19(18-6-4-5-7-20(18)23-14)15(2)16-8-10-21(27-3)17(13-16)9-11-22(25)24-26/h4-13,26H,2H2,1,3H3,(H,24,25)/b11-9+. The van der Waals surface area contributed by atoms with Crippen molar-refractivity contribution in [3.8, 4) is 5.75 Å². The van der Waals surface area contributed by atoms with Crippen LogP contribution in [-0.2, 0) is 4.79 Å². The molecule has 5 nitrogen and oxygen atoms in total. The van der Waals surface area contributed by atoms with Crippen molar-refractivity contribution in [2.45, 2.75) is 6.92 Å². The first kappa shape index (κ1) is 18.4. The zero-order chi connectivity index (χ0) is 19.4. The van der Waals surface area contributed by atoms with Crippen LogP contribution in [-0.4, -0.2) is 23.2 Å². The Hall–Kier alpha value is -3.44. The fraction of sp³-hybridized carbons (Fsp3) is 0.0909. The maximum atomic E-state index is 11.3. The Kier molecular flexibility index (Phi) is 5.33. The lowest BCUT2D eigenvalue weighted by atomic mass is 9.94. The minimum absolute atomic E-state index is 0.614. The highest BCUT2D eigenvalue weighted by Crippen LogP contribution is 2.31. The summed E-state index contributed by atoms with van der Waals surface area (Å²) in [6.45, 7) is 6.24. The first-order valence-electron chi connectivity index (χ1n) is 8.39. The molecule has 2 N–H and O–H groups in total. The molecular formula is C22H20N2O3. The number of carbonyl (C=O) groups excluding carboxylic acids is 1. The average Bonchev–Trinajstić information content (AvgIpc) is 2.70. The van der Waals surface area contributed by atoms with E-state index < -0.39 is 5.91 Å². The normalized spacial score (nSPS) is 10.9. The number of amides is 1. The number of aryl methyl sites for hydroxylation is 1. The van der Waals surface area contributed by atoms with Crippen molar-refractivity contribution >= 4 is 28.5 Å². The molecule has 0 aliphatic rings. The number of hydrogen-bond acceptors (Lipinski definition) is 4. The van der Waals surface area contributed by atoms with Gasteiger partial charge in [0.15, 0.2) is 0 Å². The van der Waals surface area contributed by atoms with Crippen LogP contribution in [0.3, 0.4) is 0 Å². The van der Waals surface area contributed by atoms with Crippen molar-refractivity contribution in [1.82, 2.24) is 10.5 Å². The highest BCUT2D eigenvalue weighted by atomic mass is 16.5. The van der Waals surface area contributed by atoms with E-state index in [4.69, 9.17) is 9.94 Å². The third kappa shape index (κ3) is 3.88. The Labute approximate surface area is 157 Å². The van der Waals surface area contributed by atoms with Gasteiger partial charge in [0.2, 0.25) is 0 Å². The van der Waals surface area contributed by atoms with E-state index in [9.17, 15) is 4.79 Å². The number of rotatable bonds is 5. The molecule has 0 fully saturated rings. The lowest BCUT2D eigenvalue weighted by Gasteiger charge is -2.13. The van der Waals surface area contributed by atoms with Crippen LogP contribution in [0.5, 0.6) is 5.75 Å². The van der Waals surface area contributed by atoms with Gasteiger partial charge in [0, 0.05) is 22.7 Å². The van der Waals surface area contributed by atoms with Gasteiger partial charge in [-0.15, -0.1) is 0 Å². The zero-order valence-electron chi connectivity index (χ0n) is 15.2. The number of carbonyl (C=O) groups is 1. The summed E-state index contributed by atoms with van der Waals surface area (Å²) in [6.07, 6.45) is 2.81. The van der Waals surface area contributed by atoms with E-state index in [0.29, 0.717) is 11.3 Å². The Bertz CT molecular complexity index is 1050. The van der Waals surface area contributed by atoms with Crippen molar-refractivity contribution in [3.05, 3.63) is 83.6 Å². The van der Waals surface area contributed by atoms with Gasteiger partial charge in [-0.1, -0.05) is 30.8 Å². The van der Waals surface area contributed by atoms with Gasteiger partial charge < -0.3 is 4.74 Å². The number of ether oxygens (including phenoxy) is 1. The van der Waals surface area contributed by atoms with Gasteiger partial charge in [-0.05, 0) is 54.0 Å². The van der Waals surface area contributed by atoms with E-state index in [1.807, 2.05) is 55.5 Å². The molecule has 0 spiro atoms. The maximum Gasteiger partial charge on any atom is 0.267 e. The van der Waals surface area contributed by atoms with Crippen LogP contribution in [0.15, 0.2) is 61.2 Å². The third-order valence-electron chi connectivity index (χ3n) is 4.27. The van der Waals surface area contributed by atoms with Gasteiger partial charge in [-0.3, -0.25) is 15.0 Å². The minimum Gasteiger partial charge on any atom is -0.496 e. The van der Waals surface area contributed by atoms with Crippen LogP contribution in [0.4, 0.5) is 0 Å². The highest BCUT2D eigenvalue weighted by Gasteiger charge is 2.11. The van der Waals surface area contributed by atoms with Crippen molar-refractivity contribution in [3.63, 3.8) is 0 Å². The van der Waals surface area contributed by atoms with E-state index in [1.54, 1.807) is 18.7 Å². The zero-order valence-corrected chi connectivity index (χ0v) is 15.2. The average molecular weight is 360 g/mol. The fourth-order valence-corrected chi connectivity index (χ4v) is 2.97. The van der Waals surface area contributed by atoms with Crippen LogP contribution in [0.25, 0.3) is 22.6 Å². The molecule has 1 amide bonds. The number of aromatic nitrogens is 1. The fourth-order valence-electron chi connectivity index (χ4n) is 2.97. The number of benzene rings is 2. The Morgan fingerprint density at radius 2 is 2.00 bits per heavy atom. The van der Waals surface area contributed by atoms with E-state index in [2.05, 4.69) is 11.6 Å². The van der Waals surface area contributed by atoms with Crippen molar-refractivity contribution in [2.24, 2.45) is 0 Å². The number of nitrogens with zero attached hydrogens (tertiary/aromatic N) is 1. The molecule has 5 heteroatoms. The molecule has 1 heterocycles. The number of nitrogens with one attached hydrogen (secondary N) is 1.